The van der Waals surface area contributed by atoms with Gasteiger partial charge in [0.15, 0.2) is 5.78 Å². The maximum absolute atomic E-state index is 12.1. The van der Waals surface area contributed by atoms with E-state index in [0.29, 0.717) is 6.42 Å². The highest BCUT2D eigenvalue weighted by atomic mass is 16.1. The summed E-state index contributed by atoms with van der Waals surface area (Å²) in [6, 6.07) is 6.20. The van der Waals surface area contributed by atoms with Gasteiger partial charge in [0.25, 0.3) is 0 Å². The third-order valence-electron chi connectivity index (χ3n) is 3.73. The van der Waals surface area contributed by atoms with Crippen molar-refractivity contribution in [3.05, 3.63) is 47.5 Å². The van der Waals surface area contributed by atoms with Crippen LogP contribution in [-0.2, 0) is 13.0 Å². The van der Waals surface area contributed by atoms with Crippen LogP contribution in [0.1, 0.15) is 53.6 Å². The molecule has 2 rings (SSSR count). The second-order valence-electron chi connectivity index (χ2n) is 5.22. The minimum absolute atomic E-state index is 0.284. The zero-order chi connectivity index (χ0) is 13.5. The number of ketones is 1. The van der Waals surface area contributed by atoms with E-state index in [1.54, 1.807) is 0 Å². The van der Waals surface area contributed by atoms with Crippen molar-refractivity contribution in [1.29, 1.82) is 0 Å². The molecule has 0 aromatic heterocycles. The molecule has 102 valence electrons. The Morgan fingerprint density at radius 1 is 1.26 bits per heavy atom. The Morgan fingerprint density at radius 3 is 3.00 bits per heavy atom. The lowest BCUT2D eigenvalue weighted by Crippen LogP contribution is -2.23. The molecule has 2 nitrogen and oxygen atoms in total. The molecule has 1 aliphatic heterocycles. The highest BCUT2D eigenvalue weighted by Crippen LogP contribution is 2.17. The van der Waals surface area contributed by atoms with Gasteiger partial charge >= 0.3 is 0 Å². The van der Waals surface area contributed by atoms with Gasteiger partial charge in [0, 0.05) is 18.5 Å². The van der Waals surface area contributed by atoms with Gasteiger partial charge in [0.05, 0.1) is 0 Å². The highest BCUT2D eigenvalue weighted by molar-refractivity contribution is 5.96. The van der Waals surface area contributed by atoms with Crippen LogP contribution in [0.2, 0.25) is 0 Å². The molecule has 2 heteroatoms. The number of Topliss-reactive ketones (excluding diaryl/α,β-unsaturated/α-hetero) is 1. The van der Waals surface area contributed by atoms with Crippen molar-refractivity contribution < 1.29 is 4.79 Å². The molecular weight excluding hydrogens is 234 g/mol. The molecule has 0 radical (unpaired) electrons. The van der Waals surface area contributed by atoms with Crippen LogP contribution in [0.5, 0.6) is 0 Å². The van der Waals surface area contributed by atoms with Gasteiger partial charge < -0.3 is 5.32 Å². The number of rotatable bonds is 7. The maximum atomic E-state index is 12.1. The van der Waals surface area contributed by atoms with Crippen LogP contribution in [0.15, 0.2) is 30.9 Å². The molecule has 1 aromatic rings. The van der Waals surface area contributed by atoms with Crippen LogP contribution in [0.3, 0.4) is 0 Å². The normalized spacial score (nSPS) is 13.9. The number of allylic oxidation sites excluding steroid dienone is 1. The fourth-order valence-corrected chi connectivity index (χ4v) is 2.55. The number of unbranched alkanes of at least 4 members (excludes halogenated alkanes) is 3. The first-order valence-corrected chi connectivity index (χ1v) is 7.28. The number of hydrogen-bond donors (Lipinski definition) is 1. The van der Waals surface area contributed by atoms with E-state index in [-0.39, 0.29) is 5.78 Å². The van der Waals surface area contributed by atoms with Crippen LogP contribution in [0, 0.1) is 0 Å². The Morgan fingerprint density at radius 2 is 2.16 bits per heavy atom. The van der Waals surface area contributed by atoms with E-state index in [1.165, 1.54) is 11.1 Å². The molecule has 1 aromatic carbocycles. The van der Waals surface area contributed by atoms with Crippen molar-refractivity contribution in [2.75, 3.05) is 6.54 Å². The number of hydrogen-bond acceptors (Lipinski definition) is 2. The van der Waals surface area contributed by atoms with Crippen molar-refractivity contribution in [3.8, 4) is 0 Å². The molecule has 0 spiro atoms. The van der Waals surface area contributed by atoms with Gasteiger partial charge in [-0.2, -0.15) is 0 Å². The molecule has 1 heterocycles. The summed E-state index contributed by atoms with van der Waals surface area (Å²) in [6.45, 7) is 5.65. The predicted octanol–water partition coefficient (Wildman–Crippen LogP) is 3.65. The van der Waals surface area contributed by atoms with Gasteiger partial charge in [-0.25, -0.2) is 0 Å². The molecule has 19 heavy (non-hydrogen) atoms. The average molecular weight is 257 g/mol. The van der Waals surface area contributed by atoms with Gasteiger partial charge in [-0.15, -0.1) is 6.58 Å². The van der Waals surface area contributed by atoms with E-state index >= 15 is 0 Å². The second kappa shape index (κ2) is 7.25. The van der Waals surface area contributed by atoms with Gasteiger partial charge in [0.2, 0.25) is 0 Å². The van der Waals surface area contributed by atoms with E-state index in [9.17, 15) is 4.79 Å². The van der Waals surface area contributed by atoms with Crippen molar-refractivity contribution in [2.45, 2.75) is 45.1 Å². The summed E-state index contributed by atoms with van der Waals surface area (Å²) in [5.74, 6) is 0.284. The molecule has 0 fully saturated rings. The summed E-state index contributed by atoms with van der Waals surface area (Å²) in [4.78, 5) is 12.1. The molecule has 0 atom stereocenters. The minimum Gasteiger partial charge on any atom is -0.312 e. The van der Waals surface area contributed by atoms with Gasteiger partial charge in [-0.3, -0.25) is 4.79 Å². The fourth-order valence-electron chi connectivity index (χ4n) is 2.55. The first-order chi connectivity index (χ1) is 9.31. The highest BCUT2D eigenvalue weighted by Gasteiger charge is 2.12. The SMILES string of the molecule is C=CCCCCCC(=O)c1ccc2c(c1)CNCC2. The summed E-state index contributed by atoms with van der Waals surface area (Å²) >= 11 is 0. The fraction of sp³-hybridized carbons (Fsp3) is 0.471. The molecule has 0 saturated heterocycles. The maximum Gasteiger partial charge on any atom is 0.162 e. The Hall–Kier alpha value is -1.41. The van der Waals surface area contributed by atoms with Crippen LogP contribution in [0.25, 0.3) is 0 Å². The first-order valence-electron chi connectivity index (χ1n) is 7.28. The number of carbonyl (C=O) groups excluding carboxylic acids is 1. The summed E-state index contributed by atoms with van der Waals surface area (Å²) < 4.78 is 0. The van der Waals surface area contributed by atoms with Gasteiger partial charge in [-0.05, 0) is 49.4 Å². The molecule has 1 N–H and O–H groups in total. The monoisotopic (exact) mass is 257 g/mol. The van der Waals surface area contributed by atoms with Crippen molar-refractivity contribution in [2.24, 2.45) is 0 Å². The number of nitrogens with one attached hydrogen (secondary N) is 1. The molecule has 0 amide bonds. The van der Waals surface area contributed by atoms with E-state index in [4.69, 9.17) is 0 Å². The summed E-state index contributed by atoms with van der Waals surface area (Å²) in [5, 5.41) is 3.35. The second-order valence-corrected chi connectivity index (χ2v) is 5.22. The Bertz CT molecular complexity index is 451. The van der Waals surface area contributed by atoms with Crippen LogP contribution in [-0.4, -0.2) is 12.3 Å². The lowest BCUT2D eigenvalue weighted by molar-refractivity contribution is 0.0979. The molecule has 0 bridgehead atoms. The standard InChI is InChI=1S/C17H23NO/c1-2-3-4-5-6-7-17(19)15-9-8-14-10-11-18-13-16(14)12-15/h2,8-9,12,18H,1,3-7,10-11,13H2. The molecule has 1 aliphatic rings. The van der Waals surface area contributed by atoms with E-state index in [1.807, 2.05) is 12.1 Å². The third kappa shape index (κ3) is 4.03. The van der Waals surface area contributed by atoms with Crippen LogP contribution < -0.4 is 5.32 Å². The van der Waals surface area contributed by atoms with Crippen molar-refractivity contribution in [3.63, 3.8) is 0 Å². The predicted molar refractivity (Wildman–Crippen MR) is 79.5 cm³/mol. The van der Waals surface area contributed by atoms with Crippen molar-refractivity contribution in [1.82, 2.24) is 5.32 Å². The largest absolute Gasteiger partial charge is 0.312 e. The van der Waals surface area contributed by atoms with E-state index in [2.05, 4.69) is 24.0 Å². The topological polar surface area (TPSA) is 29.1 Å². The molecule has 0 aliphatic carbocycles. The Labute approximate surface area is 115 Å². The van der Waals surface area contributed by atoms with E-state index < -0.39 is 0 Å². The summed E-state index contributed by atoms with van der Waals surface area (Å²) in [7, 11) is 0. The lowest BCUT2D eigenvalue weighted by Gasteiger charge is -2.17. The van der Waals surface area contributed by atoms with Crippen LogP contribution in [0.4, 0.5) is 0 Å². The van der Waals surface area contributed by atoms with Gasteiger partial charge in [-0.1, -0.05) is 24.6 Å². The molecule has 0 unspecified atom stereocenters. The number of carbonyl (C=O) groups is 1. The first kappa shape index (κ1) is 14.0. The third-order valence-corrected chi connectivity index (χ3v) is 3.73. The number of fused-ring (bicyclic) bond motifs is 1. The summed E-state index contributed by atoms with van der Waals surface area (Å²) in [6.07, 6.45) is 7.99. The minimum atomic E-state index is 0.284. The zero-order valence-electron chi connectivity index (χ0n) is 11.6. The quantitative estimate of drug-likeness (QED) is 0.459. The smallest absolute Gasteiger partial charge is 0.162 e. The lowest BCUT2D eigenvalue weighted by atomic mass is 9.95. The zero-order valence-corrected chi connectivity index (χ0v) is 11.6. The van der Waals surface area contributed by atoms with Crippen molar-refractivity contribution >= 4 is 5.78 Å². The average Bonchev–Trinajstić information content (AvgIpc) is 2.46. The number of benzene rings is 1. The molecular formula is C17H23NO. The summed E-state index contributed by atoms with van der Waals surface area (Å²) in [5.41, 5.74) is 3.57. The Balaban J connectivity index is 1.87. The Kier molecular flexibility index (Phi) is 5.34. The van der Waals surface area contributed by atoms with E-state index in [0.717, 1.165) is 50.8 Å². The molecule has 0 saturated carbocycles. The van der Waals surface area contributed by atoms with Gasteiger partial charge in [0.1, 0.15) is 0 Å². The van der Waals surface area contributed by atoms with Crippen LogP contribution >= 0.6 is 0 Å².